The van der Waals surface area contributed by atoms with Crippen LogP contribution in [-0.4, -0.2) is 59.3 Å². The lowest BCUT2D eigenvalue weighted by molar-refractivity contribution is 0.258. The number of ether oxygens (including phenoxy) is 4. The van der Waals surface area contributed by atoms with Crippen LogP contribution in [-0.2, 0) is 0 Å². The fraction of sp³-hybridized carbons (Fsp3) is 0.609. The smallest absolute Gasteiger partial charge is 0.161 e. The van der Waals surface area contributed by atoms with Gasteiger partial charge in [0.15, 0.2) is 23.0 Å². The molecule has 104 heavy (non-hydrogen) atoms. The second kappa shape index (κ2) is 56.1. The molecule has 0 radical (unpaired) electrons. The molecule has 0 saturated heterocycles. The maximum atomic E-state index is 6.52. The van der Waals surface area contributed by atoms with Gasteiger partial charge >= 0.3 is 0 Å². The molecule has 0 spiro atoms. The van der Waals surface area contributed by atoms with Crippen molar-refractivity contribution in [2.75, 3.05) is 26.4 Å². The van der Waals surface area contributed by atoms with Crippen LogP contribution in [0.4, 0.5) is 11.4 Å². The Morgan fingerprint density at radius 2 is 0.452 bits per heavy atom. The Hall–Kier alpha value is -6.24. The molecule has 2 aromatic heterocycles. The third kappa shape index (κ3) is 36.4. The van der Waals surface area contributed by atoms with Crippen molar-refractivity contribution < 1.29 is 18.9 Å². The summed E-state index contributed by atoms with van der Waals surface area (Å²) in [5.41, 5.74) is 7.74. The Bertz CT molecular complexity index is 3090. The van der Waals surface area contributed by atoms with Gasteiger partial charge in [0.2, 0.25) is 0 Å². The van der Waals surface area contributed by atoms with E-state index in [1.54, 1.807) is 22.7 Å². The van der Waals surface area contributed by atoms with Crippen LogP contribution in [0.5, 0.6) is 23.0 Å². The van der Waals surface area contributed by atoms with Crippen LogP contribution in [0.15, 0.2) is 119 Å². The average molecular weight is 1450 g/mol. The first-order chi connectivity index (χ1) is 51.5. The fourth-order valence-corrected chi connectivity index (χ4v) is 15.2. The van der Waals surface area contributed by atoms with Gasteiger partial charge in [0.1, 0.15) is 20.0 Å². The highest BCUT2D eigenvalue weighted by Crippen LogP contribution is 2.39. The molecule has 5 aromatic carbocycles. The number of hydrogen-bond acceptors (Lipinski definition) is 12. The first kappa shape index (κ1) is 85.0. The summed E-state index contributed by atoms with van der Waals surface area (Å²) < 4.78 is 25.9. The van der Waals surface area contributed by atoms with Crippen LogP contribution in [0.3, 0.4) is 0 Å². The Morgan fingerprint density at radius 1 is 0.240 bits per heavy atom. The highest BCUT2D eigenvalue weighted by Gasteiger charge is 2.17. The summed E-state index contributed by atoms with van der Waals surface area (Å²) in [6.45, 7) is 11.9. The summed E-state index contributed by atoms with van der Waals surface area (Å²) in [7, 11) is 0. The van der Waals surface area contributed by atoms with Crippen LogP contribution < -0.4 is 18.9 Å². The predicted molar refractivity (Wildman–Crippen MR) is 449 cm³/mol. The largest absolute Gasteiger partial charge is 0.490 e. The highest BCUT2D eigenvalue weighted by molar-refractivity contribution is 7.18. The van der Waals surface area contributed by atoms with E-state index in [1.807, 2.05) is 36.7 Å². The Kier molecular flexibility index (Phi) is 45.9. The SMILES string of the molecule is CCCCCCCCCCCCCCOc1ccc(-c2nnc(-c3ccc(N=Cc4ccc(C=Nc5ccc(-c6nnc(-c7ccc(OCCCCCCCCCCCCCC)c(OCCCCCCCCCCCCCC)c7)s6)cc5)cc4)cc3)s2)cc1OCCCCCCCCCCCCCC. The van der Waals surface area contributed by atoms with E-state index >= 15 is 0 Å². The number of unbranched alkanes of at least 4 members (excludes halogenated alkanes) is 44. The summed E-state index contributed by atoms with van der Waals surface area (Å²) >= 11 is 3.18. The fourth-order valence-electron chi connectivity index (χ4n) is 13.5. The molecule has 7 rings (SSSR count). The molecule has 12 heteroatoms. The van der Waals surface area contributed by atoms with Gasteiger partial charge in [-0.3, -0.25) is 9.98 Å². The first-order valence-corrected chi connectivity index (χ1v) is 44.0. The molecule has 0 unspecified atom stereocenters. The molecule has 10 nitrogen and oxygen atoms in total. The lowest BCUT2D eigenvalue weighted by atomic mass is 10.1. The third-order valence-electron chi connectivity index (χ3n) is 20.1. The molecule has 0 aliphatic carbocycles. The Morgan fingerprint density at radius 3 is 0.702 bits per heavy atom. The highest BCUT2D eigenvalue weighted by atomic mass is 32.1. The zero-order chi connectivity index (χ0) is 72.6. The van der Waals surface area contributed by atoms with Crippen molar-refractivity contribution in [2.24, 2.45) is 9.98 Å². The molecule has 0 atom stereocenters. The summed E-state index contributed by atoms with van der Waals surface area (Å²) in [6.07, 6.45) is 67.3. The van der Waals surface area contributed by atoms with Gasteiger partial charge in [-0.1, -0.05) is 357 Å². The van der Waals surface area contributed by atoms with E-state index in [2.05, 4.69) is 133 Å². The number of aromatic nitrogens is 4. The second-order valence-corrected chi connectivity index (χ2v) is 31.3. The van der Waals surface area contributed by atoms with Crippen LogP contribution in [0.1, 0.15) is 347 Å². The van der Waals surface area contributed by atoms with E-state index in [4.69, 9.17) is 28.9 Å². The molecule has 0 saturated carbocycles. The van der Waals surface area contributed by atoms with Crippen molar-refractivity contribution in [2.45, 2.75) is 336 Å². The lowest BCUT2D eigenvalue weighted by Crippen LogP contribution is -2.03. The molecule has 0 aliphatic rings. The maximum absolute atomic E-state index is 6.52. The van der Waals surface area contributed by atoms with E-state index in [1.165, 1.54) is 283 Å². The van der Waals surface area contributed by atoms with Crippen molar-refractivity contribution in [3.63, 3.8) is 0 Å². The van der Waals surface area contributed by atoms with Crippen molar-refractivity contribution in [1.29, 1.82) is 0 Å². The summed E-state index contributed by atoms with van der Waals surface area (Å²) in [5, 5.41) is 22.1. The van der Waals surface area contributed by atoms with Gasteiger partial charge in [0, 0.05) is 34.7 Å². The predicted octanol–water partition coefficient (Wildman–Crippen LogP) is 29.9. The molecule has 570 valence electrons. The zero-order valence-electron chi connectivity index (χ0n) is 65.4. The van der Waals surface area contributed by atoms with Crippen LogP contribution in [0, 0.1) is 0 Å². The Labute approximate surface area is 639 Å². The van der Waals surface area contributed by atoms with Gasteiger partial charge in [-0.2, -0.15) is 0 Å². The molecule has 0 fully saturated rings. The monoisotopic (exact) mass is 1450 g/mol. The Balaban J connectivity index is 0.859. The minimum atomic E-state index is 0.684. The number of nitrogens with zero attached hydrogens (tertiary/aromatic N) is 6. The third-order valence-corrected chi connectivity index (χ3v) is 22.2. The molecular weight excluding hydrogens is 1320 g/mol. The van der Waals surface area contributed by atoms with Crippen molar-refractivity contribution in [3.8, 4) is 65.3 Å². The van der Waals surface area contributed by atoms with Crippen LogP contribution in [0.25, 0.3) is 42.3 Å². The molecular formula is C92H136N6O4S2. The van der Waals surface area contributed by atoms with Gasteiger partial charge in [-0.25, -0.2) is 0 Å². The van der Waals surface area contributed by atoms with E-state index in [9.17, 15) is 0 Å². The molecule has 0 aliphatic heterocycles. The van der Waals surface area contributed by atoms with E-state index < -0.39 is 0 Å². The van der Waals surface area contributed by atoms with E-state index in [-0.39, 0.29) is 0 Å². The second-order valence-electron chi connectivity index (χ2n) is 29.4. The maximum Gasteiger partial charge on any atom is 0.161 e. The molecule has 0 amide bonds. The minimum Gasteiger partial charge on any atom is -0.490 e. The summed E-state index contributed by atoms with van der Waals surface area (Å²) in [6, 6.07) is 37.3. The number of hydrogen-bond donors (Lipinski definition) is 0. The zero-order valence-corrected chi connectivity index (χ0v) is 67.1. The standard InChI is InChI=1S/C92H136N6O4S2/c1-5-9-13-17-21-25-29-33-37-41-45-49-69-99-85-67-61-81(73-87(85)101-71-51-47-43-39-35-31-27-23-19-15-11-7-3)91-97-95-89(103-91)79-57-63-83(64-58-79)93-75-77-53-55-78(56-54-77)76-94-84-65-59-80(60-66-84)90-96-98-92(104-90)82-62-68-86(100-70-50-46-42-38-34-30-26-22-18-14-10-6-2)88(74-82)102-72-52-48-44-40-36-32-28-24-20-16-12-8-4/h53-68,73-76H,5-52,69-72H2,1-4H3. The summed E-state index contributed by atoms with van der Waals surface area (Å²) in [5.74, 6) is 3.25. The summed E-state index contributed by atoms with van der Waals surface area (Å²) in [4.78, 5) is 9.63. The quantitative estimate of drug-likeness (QED) is 0.0274. The number of benzene rings is 5. The first-order valence-electron chi connectivity index (χ1n) is 42.4. The van der Waals surface area contributed by atoms with Gasteiger partial charge < -0.3 is 18.9 Å². The minimum absolute atomic E-state index is 0.684. The normalized spacial score (nSPS) is 11.7. The topological polar surface area (TPSA) is 113 Å². The van der Waals surface area contributed by atoms with E-state index in [0.29, 0.717) is 26.4 Å². The van der Waals surface area contributed by atoms with Gasteiger partial charge in [0.05, 0.1) is 37.8 Å². The lowest BCUT2D eigenvalue weighted by Gasteiger charge is -2.14. The number of rotatable bonds is 64. The molecule has 7 aromatic rings. The molecule has 2 heterocycles. The number of aliphatic imine (C=N–C) groups is 2. The van der Waals surface area contributed by atoms with Gasteiger partial charge in [0.25, 0.3) is 0 Å². The molecule has 0 bridgehead atoms. The van der Waals surface area contributed by atoms with Crippen LogP contribution >= 0.6 is 22.7 Å². The van der Waals surface area contributed by atoms with Crippen molar-refractivity contribution >= 4 is 46.5 Å². The van der Waals surface area contributed by atoms with Crippen molar-refractivity contribution in [1.82, 2.24) is 20.4 Å². The van der Waals surface area contributed by atoms with E-state index in [0.717, 1.165) is 113 Å². The van der Waals surface area contributed by atoms with Gasteiger partial charge in [-0.05, 0) is 122 Å². The van der Waals surface area contributed by atoms with Crippen molar-refractivity contribution in [3.05, 3.63) is 120 Å². The van der Waals surface area contributed by atoms with Gasteiger partial charge in [-0.15, -0.1) is 20.4 Å². The molecule has 0 N–H and O–H groups in total. The average Bonchev–Trinajstić information content (AvgIpc) is 1.81. The van der Waals surface area contributed by atoms with Crippen LogP contribution in [0.2, 0.25) is 0 Å².